The van der Waals surface area contributed by atoms with Gasteiger partial charge in [0.25, 0.3) is 0 Å². The van der Waals surface area contributed by atoms with Gasteiger partial charge in [-0.25, -0.2) is 4.79 Å². The van der Waals surface area contributed by atoms with Crippen LogP contribution in [0.3, 0.4) is 0 Å². The Bertz CT molecular complexity index is 1140. The van der Waals surface area contributed by atoms with E-state index < -0.39 is 17.3 Å². The van der Waals surface area contributed by atoms with Gasteiger partial charge in [0.1, 0.15) is 12.9 Å². The van der Waals surface area contributed by atoms with E-state index in [0.29, 0.717) is 16.6 Å². The number of nitrogens with one attached hydrogen (secondary N) is 1. The number of amides is 1. The number of pyridine rings is 1. The standard InChI is InChI=1S/C27H32N2O4S/c1-17(2)14-23-21(15-28-27(30)31)26(20-12-10-18(3)11-13-20)22(19(4)29-23)16-33-24-8-6-7-9-25(24)34(5)32/h6-13,17,28H,14-16H2,1-5H3,(H,30,31). The molecule has 0 aliphatic carbocycles. The molecule has 3 aromatic rings. The highest BCUT2D eigenvalue weighted by molar-refractivity contribution is 7.90. The fourth-order valence-corrected chi connectivity index (χ4v) is 4.64. The van der Waals surface area contributed by atoms with Crippen molar-refractivity contribution in [3.8, 4) is 16.9 Å². The molecule has 2 N–H and O–H groups in total. The molecule has 0 saturated carbocycles. The molecule has 7 heteroatoms. The second kappa shape index (κ2) is 11.4. The van der Waals surface area contributed by atoms with Crippen molar-refractivity contribution in [2.45, 2.75) is 52.2 Å². The summed E-state index contributed by atoms with van der Waals surface area (Å²) in [4.78, 5) is 16.9. The number of carbonyl (C=O) groups is 1. The molecular weight excluding hydrogens is 448 g/mol. The summed E-state index contributed by atoms with van der Waals surface area (Å²) < 4.78 is 18.4. The fourth-order valence-electron chi connectivity index (χ4n) is 3.96. The lowest BCUT2D eigenvalue weighted by Crippen LogP contribution is -2.23. The van der Waals surface area contributed by atoms with Crippen molar-refractivity contribution >= 4 is 17.3 Å². The number of para-hydroxylation sites is 1. The first-order valence-electron chi connectivity index (χ1n) is 11.3. The van der Waals surface area contributed by atoms with Crippen LogP contribution < -0.4 is 10.1 Å². The molecule has 1 amide bonds. The molecule has 1 atom stereocenters. The topological polar surface area (TPSA) is 94.5 Å². The minimum atomic E-state index is -1.19. The number of aromatic nitrogens is 1. The smallest absolute Gasteiger partial charge is 0.404 e. The zero-order valence-electron chi connectivity index (χ0n) is 20.3. The lowest BCUT2D eigenvalue weighted by molar-refractivity contribution is 0.194. The molecule has 2 aromatic carbocycles. The Kier molecular flexibility index (Phi) is 8.58. The SMILES string of the molecule is Cc1ccc(-c2c(COc3ccccc3[S+](C)[O-])c(C)nc(CC(C)C)c2CNC(=O)O)cc1. The quantitative estimate of drug-likeness (QED) is 0.386. The van der Waals surface area contributed by atoms with Gasteiger partial charge in [0.15, 0.2) is 10.6 Å². The number of benzene rings is 2. The molecule has 180 valence electrons. The number of aryl methyl sites for hydroxylation is 2. The van der Waals surface area contributed by atoms with Crippen LogP contribution in [0.15, 0.2) is 53.4 Å². The predicted molar refractivity (Wildman–Crippen MR) is 136 cm³/mol. The number of carboxylic acid groups (broad SMARTS) is 1. The number of hydrogen-bond acceptors (Lipinski definition) is 4. The minimum Gasteiger partial charge on any atom is -0.612 e. The van der Waals surface area contributed by atoms with Gasteiger partial charge in [-0.15, -0.1) is 0 Å². The molecule has 0 aliphatic heterocycles. The van der Waals surface area contributed by atoms with E-state index in [4.69, 9.17) is 9.72 Å². The second-order valence-corrected chi connectivity index (χ2v) is 10.1. The largest absolute Gasteiger partial charge is 0.612 e. The number of ether oxygens (including phenoxy) is 1. The van der Waals surface area contributed by atoms with Crippen LogP contribution in [0.25, 0.3) is 11.1 Å². The molecule has 1 aromatic heterocycles. The van der Waals surface area contributed by atoms with E-state index in [0.717, 1.165) is 45.6 Å². The molecule has 0 spiro atoms. The van der Waals surface area contributed by atoms with Crippen LogP contribution in [0.1, 0.15) is 41.9 Å². The molecule has 6 nitrogen and oxygen atoms in total. The van der Waals surface area contributed by atoms with Crippen LogP contribution in [0, 0.1) is 19.8 Å². The summed E-state index contributed by atoms with van der Waals surface area (Å²) in [7, 11) is 0. The summed E-state index contributed by atoms with van der Waals surface area (Å²) in [5, 5.41) is 11.9. The van der Waals surface area contributed by atoms with Crippen molar-refractivity contribution in [1.82, 2.24) is 10.3 Å². The Morgan fingerprint density at radius 2 is 1.79 bits per heavy atom. The average Bonchev–Trinajstić information content (AvgIpc) is 2.77. The highest BCUT2D eigenvalue weighted by Crippen LogP contribution is 2.34. The van der Waals surface area contributed by atoms with Gasteiger partial charge >= 0.3 is 6.09 Å². The number of hydrogen-bond donors (Lipinski definition) is 2. The van der Waals surface area contributed by atoms with Crippen LogP contribution in [0.5, 0.6) is 5.75 Å². The zero-order valence-corrected chi connectivity index (χ0v) is 21.2. The van der Waals surface area contributed by atoms with Crippen molar-refractivity contribution in [3.05, 3.63) is 76.6 Å². The monoisotopic (exact) mass is 480 g/mol. The van der Waals surface area contributed by atoms with E-state index in [1.807, 2.05) is 56.3 Å². The van der Waals surface area contributed by atoms with E-state index in [1.165, 1.54) is 0 Å². The Morgan fingerprint density at radius 3 is 2.41 bits per heavy atom. The molecule has 1 unspecified atom stereocenters. The summed E-state index contributed by atoms with van der Waals surface area (Å²) >= 11 is -1.19. The van der Waals surface area contributed by atoms with Gasteiger partial charge in [-0.3, -0.25) is 4.98 Å². The first-order chi connectivity index (χ1) is 16.2. The molecule has 0 aliphatic rings. The average molecular weight is 481 g/mol. The van der Waals surface area contributed by atoms with Crippen molar-refractivity contribution < 1.29 is 19.2 Å². The Morgan fingerprint density at radius 1 is 1.12 bits per heavy atom. The van der Waals surface area contributed by atoms with Gasteiger partial charge in [0.05, 0.1) is 0 Å². The molecule has 3 rings (SSSR count). The highest BCUT2D eigenvalue weighted by atomic mass is 32.2. The second-order valence-electron chi connectivity index (χ2n) is 8.79. The third kappa shape index (κ3) is 6.30. The predicted octanol–water partition coefficient (Wildman–Crippen LogP) is 5.65. The summed E-state index contributed by atoms with van der Waals surface area (Å²) in [5.74, 6) is 0.920. The highest BCUT2D eigenvalue weighted by Gasteiger charge is 2.22. The van der Waals surface area contributed by atoms with Crippen LogP contribution >= 0.6 is 0 Å². The van der Waals surface area contributed by atoms with Gasteiger partial charge in [0.2, 0.25) is 0 Å². The van der Waals surface area contributed by atoms with Crippen molar-refractivity contribution in [3.63, 3.8) is 0 Å². The third-order valence-electron chi connectivity index (χ3n) is 5.58. The van der Waals surface area contributed by atoms with Crippen LogP contribution in [0.4, 0.5) is 4.79 Å². The van der Waals surface area contributed by atoms with Crippen LogP contribution in [0.2, 0.25) is 0 Å². The molecule has 0 saturated heterocycles. The van der Waals surface area contributed by atoms with E-state index in [2.05, 4.69) is 19.2 Å². The first-order valence-corrected chi connectivity index (χ1v) is 12.8. The molecule has 0 radical (unpaired) electrons. The lowest BCUT2D eigenvalue weighted by atomic mass is 9.90. The Balaban J connectivity index is 2.16. The van der Waals surface area contributed by atoms with Crippen molar-refractivity contribution in [2.24, 2.45) is 5.92 Å². The summed E-state index contributed by atoms with van der Waals surface area (Å²) in [6.07, 6.45) is 1.28. The maximum absolute atomic E-state index is 12.2. The van der Waals surface area contributed by atoms with Gasteiger partial charge < -0.3 is 19.7 Å². The molecule has 1 heterocycles. The van der Waals surface area contributed by atoms with E-state index in [9.17, 15) is 14.5 Å². The first kappa shape index (κ1) is 25.6. The zero-order chi connectivity index (χ0) is 24.8. The normalized spacial score (nSPS) is 12.0. The van der Waals surface area contributed by atoms with Crippen LogP contribution in [-0.4, -0.2) is 27.0 Å². The third-order valence-corrected chi connectivity index (χ3v) is 6.54. The van der Waals surface area contributed by atoms with Gasteiger partial charge in [0, 0.05) is 29.1 Å². The van der Waals surface area contributed by atoms with Gasteiger partial charge in [-0.05, 0) is 60.6 Å². The van der Waals surface area contributed by atoms with E-state index in [-0.39, 0.29) is 13.2 Å². The van der Waals surface area contributed by atoms with Gasteiger partial charge in [-0.2, -0.15) is 0 Å². The molecule has 0 bridgehead atoms. The van der Waals surface area contributed by atoms with E-state index >= 15 is 0 Å². The minimum absolute atomic E-state index is 0.149. The Labute approximate surface area is 204 Å². The van der Waals surface area contributed by atoms with Crippen molar-refractivity contribution in [1.29, 1.82) is 0 Å². The number of nitrogens with zero attached hydrogens (tertiary/aromatic N) is 1. The summed E-state index contributed by atoms with van der Waals surface area (Å²) in [5.41, 5.74) is 6.52. The van der Waals surface area contributed by atoms with Gasteiger partial charge in [-0.1, -0.05) is 55.8 Å². The molecule has 0 fully saturated rings. The number of rotatable bonds is 9. The summed E-state index contributed by atoms with van der Waals surface area (Å²) in [6, 6.07) is 15.5. The van der Waals surface area contributed by atoms with Crippen molar-refractivity contribution in [2.75, 3.05) is 6.26 Å². The van der Waals surface area contributed by atoms with E-state index in [1.54, 1.807) is 12.3 Å². The molecule has 34 heavy (non-hydrogen) atoms. The maximum Gasteiger partial charge on any atom is 0.404 e. The summed E-state index contributed by atoms with van der Waals surface area (Å²) in [6.45, 7) is 8.60. The molecular formula is C27H32N2O4S. The Hall–Kier alpha value is -3.03. The maximum atomic E-state index is 12.2. The van der Waals surface area contributed by atoms with Crippen LogP contribution in [-0.2, 0) is 30.7 Å². The fraction of sp³-hybridized carbons (Fsp3) is 0.333. The lowest BCUT2D eigenvalue weighted by Gasteiger charge is -2.22.